The van der Waals surface area contributed by atoms with Gasteiger partial charge < -0.3 is 16.0 Å². The van der Waals surface area contributed by atoms with Gasteiger partial charge in [-0.05, 0) is 43.3 Å². The Morgan fingerprint density at radius 2 is 1.83 bits per heavy atom. The Labute approximate surface area is 147 Å². The van der Waals surface area contributed by atoms with Crippen LogP contribution in [0.15, 0.2) is 46.9 Å². The van der Waals surface area contributed by atoms with E-state index in [9.17, 15) is 14.0 Å². The maximum Gasteiger partial charge on any atom is 0.246 e. The van der Waals surface area contributed by atoms with Gasteiger partial charge in [0.05, 0.1) is 5.69 Å². The summed E-state index contributed by atoms with van der Waals surface area (Å²) in [5.41, 5.74) is 1.25. The Kier molecular flexibility index (Phi) is 5.92. The number of nitrogens with one attached hydrogen (secondary N) is 3. The molecule has 3 N–H and O–H groups in total. The van der Waals surface area contributed by atoms with Crippen molar-refractivity contribution in [1.82, 2.24) is 0 Å². The highest BCUT2D eigenvalue weighted by atomic mass is 79.9. The van der Waals surface area contributed by atoms with Gasteiger partial charge in [0.1, 0.15) is 11.9 Å². The van der Waals surface area contributed by atoms with Crippen molar-refractivity contribution in [2.45, 2.75) is 19.9 Å². The Hall–Kier alpha value is -2.41. The number of carbonyl (C=O) groups is 2. The van der Waals surface area contributed by atoms with E-state index in [1.165, 1.54) is 25.1 Å². The fourth-order valence-electron chi connectivity index (χ4n) is 2.03. The number of amides is 2. The number of hydrogen-bond acceptors (Lipinski definition) is 3. The molecule has 7 heteroatoms. The van der Waals surface area contributed by atoms with Crippen molar-refractivity contribution in [2.24, 2.45) is 0 Å². The van der Waals surface area contributed by atoms with E-state index in [1.54, 1.807) is 19.1 Å². The number of halogens is 2. The third-order valence-corrected chi connectivity index (χ3v) is 3.64. The number of hydrogen-bond donors (Lipinski definition) is 3. The smallest absolute Gasteiger partial charge is 0.246 e. The number of anilines is 3. The highest BCUT2D eigenvalue weighted by molar-refractivity contribution is 9.10. The zero-order chi connectivity index (χ0) is 17.7. The van der Waals surface area contributed by atoms with E-state index in [4.69, 9.17) is 0 Å². The molecule has 1 atom stereocenters. The fraction of sp³-hybridized carbons (Fsp3) is 0.176. The Bertz CT molecular complexity index is 767. The maximum absolute atomic E-state index is 13.6. The molecule has 0 saturated heterocycles. The second-order valence-corrected chi connectivity index (χ2v) is 6.16. The predicted molar refractivity (Wildman–Crippen MR) is 96.6 cm³/mol. The molecule has 0 aliphatic heterocycles. The van der Waals surface area contributed by atoms with Gasteiger partial charge in [-0.15, -0.1) is 0 Å². The molecule has 0 aliphatic rings. The summed E-state index contributed by atoms with van der Waals surface area (Å²) in [4.78, 5) is 23.3. The van der Waals surface area contributed by atoms with Crippen LogP contribution in [0.4, 0.5) is 21.5 Å². The largest absolute Gasteiger partial charge is 0.374 e. The van der Waals surface area contributed by atoms with Crippen LogP contribution in [0.25, 0.3) is 0 Å². The molecular weight excluding hydrogens is 377 g/mol. The molecule has 2 aromatic rings. The molecule has 24 heavy (non-hydrogen) atoms. The van der Waals surface area contributed by atoms with Crippen LogP contribution in [0, 0.1) is 5.82 Å². The SMILES string of the molecule is CC(=O)Nc1cc(N[C@H](C)C(=O)Nc2cccc(Br)c2)ccc1F. The predicted octanol–water partition coefficient (Wildman–Crippen LogP) is 3.99. The quantitative estimate of drug-likeness (QED) is 0.719. The van der Waals surface area contributed by atoms with Crippen molar-refractivity contribution in [3.05, 3.63) is 52.8 Å². The molecule has 0 radical (unpaired) electrons. The second-order valence-electron chi connectivity index (χ2n) is 5.24. The van der Waals surface area contributed by atoms with E-state index >= 15 is 0 Å². The van der Waals surface area contributed by atoms with Gasteiger partial charge in [0.15, 0.2) is 0 Å². The molecule has 0 fully saturated rings. The normalized spacial score (nSPS) is 11.5. The second kappa shape index (κ2) is 7.92. The first-order chi connectivity index (χ1) is 11.3. The van der Waals surface area contributed by atoms with E-state index in [-0.39, 0.29) is 17.5 Å². The van der Waals surface area contributed by atoms with Crippen LogP contribution in [0.5, 0.6) is 0 Å². The van der Waals surface area contributed by atoms with Gasteiger partial charge in [-0.2, -0.15) is 0 Å². The molecular formula is C17H17BrFN3O2. The molecule has 0 heterocycles. The minimum Gasteiger partial charge on any atom is -0.374 e. The van der Waals surface area contributed by atoms with Crippen molar-refractivity contribution in [3.63, 3.8) is 0 Å². The summed E-state index contributed by atoms with van der Waals surface area (Å²) in [5, 5.41) is 8.16. The van der Waals surface area contributed by atoms with Gasteiger partial charge in [0, 0.05) is 22.8 Å². The van der Waals surface area contributed by atoms with E-state index in [2.05, 4.69) is 31.9 Å². The van der Waals surface area contributed by atoms with Crippen LogP contribution in [-0.4, -0.2) is 17.9 Å². The topological polar surface area (TPSA) is 70.2 Å². The third-order valence-electron chi connectivity index (χ3n) is 3.15. The third kappa shape index (κ3) is 5.06. The van der Waals surface area contributed by atoms with Crippen LogP contribution >= 0.6 is 15.9 Å². The van der Waals surface area contributed by atoms with Crippen LogP contribution in [0.3, 0.4) is 0 Å². The molecule has 0 aromatic heterocycles. The molecule has 2 aromatic carbocycles. The first-order valence-electron chi connectivity index (χ1n) is 7.25. The van der Waals surface area contributed by atoms with Gasteiger partial charge in [-0.3, -0.25) is 9.59 Å². The molecule has 0 bridgehead atoms. The minimum absolute atomic E-state index is 0.0621. The highest BCUT2D eigenvalue weighted by Crippen LogP contribution is 2.21. The molecule has 2 amide bonds. The van der Waals surface area contributed by atoms with Crippen LogP contribution in [-0.2, 0) is 9.59 Å². The standard InChI is InChI=1S/C17H17BrFN3O2/c1-10(17(24)22-13-5-3-4-12(18)8-13)20-14-6-7-15(19)16(9-14)21-11(2)23/h3-10,20H,1-2H3,(H,21,23)(H,22,24)/t10-/m1/s1. The zero-order valence-electron chi connectivity index (χ0n) is 13.2. The molecule has 2 rings (SSSR count). The summed E-state index contributed by atoms with van der Waals surface area (Å²) < 4.78 is 14.5. The lowest BCUT2D eigenvalue weighted by Crippen LogP contribution is -2.31. The van der Waals surface area contributed by atoms with Crippen molar-refractivity contribution >= 4 is 44.8 Å². The van der Waals surface area contributed by atoms with Crippen molar-refractivity contribution in [3.8, 4) is 0 Å². The average Bonchev–Trinajstić information content (AvgIpc) is 2.50. The van der Waals surface area contributed by atoms with Gasteiger partial charge in [-0.25, -0.2) is 4.39 Å². The number of carbonyl (C=O) groups excluding carboxylic acids is 2. The lowest BCUT2D eigenvalue weighted by Gasteiger charge is -2.16. The number of benzene rings is 2. The molecule has 0 spiro atoms. The maximum atomic E-state index is 13.6. The first kappa shape index (κ1) is 17.9. The van der Waals surface area contributed by atoms with Crippen LogP contribution in [0.1, 0.15) is 13.8 Å². The minimum atomic E-state index is -0.556. The van der Waals surface area contributed by atoms with E-state index in [0.29, 0.717) is 11.4 Å². The monoisotopic (exact) mass is 393 g/mol. The number of rotatable bonds is 5. The Morgan fingerprint density at radius 3 is 2.50 bits per heavy atom. The summed E-state index contributed by atoms with van der Waals surface area (Å²) in [6.45, 7) is 2.99. The molecule has 0 aliphatic carbocycles. The van der Waals surface area contributed by atoms with Crippen molar-refractivity contribution < 1.29 is 14.0 Å². The van der Waals surface area contributed by atoms with E-state index < -0.39 is 11.9 Å². The lowest BCUT2D eigenvalue weighted by atomic mass is 10.2. The van der Waals surface area contributed by atoms with Crippen molar-refractivity contribution in [1.29, 1.82) is 0 Å². The lowest BCUT2D eigenvalue weighted by molar-refractivity contribution is -0.116. The Balaban J connectivity index is 2.04. The van der Waals surface area contributed by atoms with Crippen LogP contribution < -0.4 is 16.0 Å². The zero-order valence-corrected chi connectivity index (χ0v) is 14.8. The van der Waals surface area contributed by atoms with Gasteiger partial charge >= 0.3 is 0 Å². The summed E-state index contributed by atoms with van der Waals surface area (Å²) >= 11 is 3.34. The van der Waals surface area contributed by atoms with Crippen LogP contribution in [0.2, 0.25) is 0 Å². The fourth-order valence-corrected chi connectivity index (χ4v) is 2.43. The average molecular weight is 394 g/mol. The highest BCUT2D eigenvalue weighted by Gasteiger charge is 2.14. The molecule has 5 nitrogen and oxygen atoms in total. The first-order valence-corrected chi connectivity index (χ1v) is 8.04. The summed E-state index contributed by atoms with van der Waals surface area (Å²) in [6.07, 6.45) is 0. The molecule has 0 saturated carbocycles. The summed E-state index contributed by atoms with van der Waals surface area (Å²) in [5.74, 6) is -1.15. The van der Waals surface area contributed by atoms with E-state index in [0.717, 1.165) is 4.47 Å². The van der Waals surface area contributed by atoms with E-state index in [1.807, 2.05) is 12.1 Å². The van der Waals surface area contributed by atoms with Gasteiger partial charge in [-0.1, -0.05) is 22.0 Å². The van der Waals surface area contributed by atoms with Crippen molar-refractivity contribution in [2.75, 3.05) is 16.0 Å². The van der Waals surface area contributed by atoms with Gasteiger partial charge in [0.2, 0.25) is 11.8 Å². The summed E-state index contributed by atoms with van der Waals surface area (Å²) in [6, 6.07) is 10.9. The van der Waals surface area contributed by atoms with Gasteiger partial charge in [0.25, 0.3) is 0 Å². The molecule has 0 unspecified atom stereocenters. The summed E-state index contributed by atoms with van der Waals surface area (Å²) in [7, 11) is 0. The molecule has 126 valence electrons. The Morgan fingerprint density at radius 1 is 1.08 bits per heavy atom.